The molecule has 21 heavy (non-hydrogen) atoms. The Kier molecular flexibility index (Phi) is 3.37. The summed E-state index contributed by atoms with van der Waals surface area (Å²) < 4.78 is 0. The first-order valence-electron chi connectivity index (χ1n) is 6.16. The summed E-state index contributed by atoms with van der Waals surface area (Å²) in [6, 6.07) is 10.3. The molecular formula is C14H11ClN4O2. The first-order valence-corrected chi connectivity index (χ1v) is 6.53. The molecule has 0 saturated heterocycles. The van der Waals surface area contributed by atoms with Gasteiger partial charge in [0.15, 0.2) is 0 Å². The van der Waals surface area contributed by atoms with Crippen LogP contribution in [0.15, 0.2) is 42.6 Å². The van der Waals surface area contributed by atoms with E-state index in [1.165, 1.54) is 0 Å². The standard InChI is InChI=1S/C14H11ClN4O2/c15-9-4-3-8-6-12(17-11(8)7-9)14(21)19-18-13(20)10-2-1-5-16-10/h1-7,16-17H,(H,18,20)(H,19,21). The van der Waals surface area contributed by atoms with Gasteiger partial charge in [-0.1, -0.05) is 17.7 Å². The average molecular weight is 303 g/mol. The molecule has 1 aromatic carbocycles. The Hall–Kier alpha value is -2.73. The lowest BCUT2D eigenvalue weighted by Gasteiger charge is -2.04. The molecule has 0 aliphatic heterocycles. The van der Waals surface area contributed by atoms with Crippen LogP contribution in [0, 0.1) is 0 Å². The third kappa shape index (κ3) is 2.75. The van der Waals surface area contributed by atoms with Gasteiger partial charge in [0.2, 0.25) is 0 Å². The van der Waals surface area contributed by atoms with Gasteiger partial charge in [0.1, 0.15) is 11.4 Å². The molecule has 0 saturated carbocycles. The lowest BCUT2D eigenvalue weighted by molar-refractivity contribution is 0.0842. The molecule has 7 heteroatoms. The highest BCUT2D eigenvalue weighted by molar-refractivity contribution is 6.31. The molecule has 0 radical (unpaired) electrons. The number of amides is 2. The van der Waals surface area contributed by atoms with E-state index in [2.05, 4.69) is 20.8 Å². The number of aromatic amines is 2. The quantitative estimate of drug-likeness (QED) is 0.547. The van der Waals surface area contributed by atoms with Crippen LogP contribution in [0.2, 0.25) is 5.02 Å². The van der Waals surface area contributed by atoms with Gasteiger partial charge in [0.25, 0.3) is 11.8 Å². The van der Waals surface area contributed by atoms with Crippen molar-refractivity contribution in [1.29, 1.82) is 0 Å². The second-order valence-electron chi connectivity index (χ2n) is 4.41. The van der Waals surface area contributed by atoms with E-state index in [4.69, 9.17) is 11.6 Å². The molecule has 0 atom stereocenters. The molecule has 0 unspecified atom stereocenters. The van der Waals surface area contributed by atoms with Crippen molar-refractivity contribution in [3.63, 3.8) is 0 Å². The number of carbonyl (C=O) groups is 2. The maximum absolute atomic E-state index is 12.0. The highest BCUT2D eigenvalue weighted by Gasteiger charge is 2.12. The first-order chi connectivity index (χ1) is 10.1. The van der Waals surface area contributed by atoms with Gasteiger partial charge < -0.3 is 9.97 Å². The van der Waals surface area contributed by atoms with Gasteiger partial charge in [-0.2, -0.15) is 0 Å². The molecule has 3 aromatic rings. The highest BCUT2D eigenvalue weighted by atomic mass is 35.5. The lowest BCUT2D eigenvalue weighted by atomic mass is 10.2. The van der Waals surface area contributed by atoms with Crippen LogP contribution in [0.4, 0.5) is 0 Å². The van der Waals surface area contributed by atoms with E-state index in [-0.39, 0.29) is 0 Å². The van der Waals surface area contributed by atoms with Crippen LogP contribution < -0.4 is 10.9 Å². The number of rotatable bonds is 2. The minimum absolute atomic E-state index is 0.332. The molecule has 0 spiro atoms. The fraction of sp³-hybridized carbons (Fsp3) is 0. The van der Waals surface area contributed by atoms with Gasteiger partial charge in [0, 0.05) is 22.1 Å². The zero-order valence-corrected chi connectivity index (χ0v) is 11.5. The van der Waals surface area contributed by atoms with E-state index in [0.717, 1.165) is 10.9 Å². The molecule has 2 amide bonds. The smallest absolute Gasteiger partial charge is 0.286 e. The van der Waals surface area contributed by atoms with Crippen LogP contribution >= 0.6 is 11.6 Å². The predicted octanol–water partition coefficient (Wildman–Crippen LogP) is 2.22. The minimum Gasteiger partial charge on any atom is -0.357 e. The average Bonchev–Trinajstić information content (AvgIpc) is 3.12. The molecule has 2 aromatic heterocycles. The van der Waals surface area contributed by atoms with Gasteiger partial charge >= 0.3 is 0 Å². The summed E-state index contributed by atoms with van der Waals surface area (Å²) in [5.74, 6) is -0.866. The predicted molar refractivity (Wildman–Crippen MR) is 79.0 cm³/mol. The van der Waals surface area contributed by atoms with E-state index in [1.54, 1.807) is 36.5 Å². The molecular weight excluding hydrogens is 292 g/mol. The Bertz CT molecular complexity index is 808. The van der Waals surface area contributed by atoms with Crippen molar-refractivity contribution in [3.05, 3.63) is 59.0 Å². The lowest BCUT2D eigenvalue weighted by Crippen LogP contribution is -2.41. The zero-order valence-electron chi connectivity index (χ0n) is 10.7. The Labute approximate surface area is 124 Å². The molecule has 3 rings (SSSR count). The number of carbonyl (C=O) groups excluding carboxylic acids is 2. The Balaban J connectivity index is 1.70. The van der Waals surface area contributed by atoms with Crippen LogP contribution in [0.3, 0.4) is 0 Å². The number of aromatic nitrogens is 2. The molecule has 2 heterocycles. The maximum Gasteiger partial charge on any atom is 0.286 e. The molecule has 106 valence electrons. The molecule has 0 fully saturated rings. The van der Waals surface area contributed by atoms with Crippen LogP contribution in [-0.2, 0) is 0 Å². The van der Waals surface area contributed by atoms with Crippen LogP contribution in [0.5, 0.6) is 0 Å². The van der Waals surface area contributed by atoms with Gasteiger partial charge in [-0.05, 0) is 30.3 Å². The van der Waals surface area contributed by atoms with E-state index in [0.29, 0.717) is 16.4 Å². The third-order valence-corrected chi connectivity index (χ3v) is 3.20. The number of hydrogen-bond donors (Lipinski definition) is 4. The highest BCUT2D eigenvalue weighted by Crippen LogP contribution is 2.19. The van der Waals surface area contributed by atoms with Crippen molar-refractivity contribution in [1.82, 2.24) is 20.8 Å². The zero-order chi connectivity index (χ0) is 14.8. The minimum atomic E-state index is -0.442. The summed E-state index contributed by atoms with van der Waals surface area (Å²) in [7, 11) is 0. The van der Waals surface area contributed by atoms with Crippen molar-refractivity contribution in [3.8, 4) is 0 Å². The second-order valence-corrected chi connectivity index (χ2v) is 4.84. The van der Waals surface area contributed by atoms with Gasteiger partial charge in [0.05, 0.1) is 0 Å². The Morgan fingerprint density at radius 1 is 1.00 bits per heavy atom. The van der Waals surface area contributed by atoms with Gasteiger partial charge in [-0.3, -0.25) is 20.4 Å². The van der Waals surface area contributed by atoms with E-state index in [9.17, 15) is 9.59 Å². The number of halogens is 1. The summed E-state index contributed by atoms with van der Waals surface area (Å²) in [5, 5.41) is 1.44. The summed E-state index contributed by atoms with van der Waals surface area (Å²) in [6.45, 7) is 0. The number of benzene rings is 1. The number of hydrazine groups is 1. The molecule has 0 bridgehead atoms. The summed E-state index contributed by atoms with van der Waals surface area (Å²) in [6.07, 6.45) is 1.62. The summed E-state index contributed by atoms with van der Waals surface area (Å²) in [4.78, 5) is 29.3. The summed E-state index contributed by atoms with van der Waals surface area (Å²) in [5.41, 5.74) is 6.11. The first kappa shape index (κ1) is 13.3. The Morgan fingerprint density at radius 3 is 2.48 bits per heavy atom. The van der Waals surface area contributed by atoms with Crippen LogP contribution in [-0.4, -0.2) is 21.8 Å². The molecule has 6 nitrogen and oxygen atoms in total. The van der Waals surface area contributed by atoms with Crippen molar-refractivity contribution in [2.24, 2.45) is 0 Å². The monoisotopic (exact) mass is 302 g/mol. The fourth-order valence-electron chi connectivity index (χ4n) is 1.94. The molecule has 4 N–H and O–H groups in total. The second kappa shape index (κ2) is 5.34. The van der Waals surface area contributed by atoms with E-state index in [1.807, 2.05) is 6.07 Å². The number of H-pyrrole nitrogens is 2. The molecule has 0 aliphatic rings. The topological polar surface area (TPSA) is 89.8 Å². The number of nitrogens with one attached hydrogen (secondary N) is 4. The normalized spacial score (nSPS) is 10.5. The number of fused-ring (bicyclic) bond motifs is 1. The van der Waals surface area contributed by atoms with Crippen molar-refractivity contribution in [2.45, 2.75) is 0 Å². The fourth-order valence-corrected chi connectivity index (χ4v) is 2.11. The van der Waals surface area contributed by atoms with Gasteiger partial charge in [-0.25, -0.2) is 0 Å². The van der Waals surface area contributed by atoms with Crippen LogP contribution in [0.25, 0.3) is 10.9 Å². The Morgan fingerprint density at radius 2 is 1.76 bits per heavy atom. The van der Waals surface area contributed by atoms with Crippen LogP contribution in [0.1, 0.15) is 21.0 Å². The molecule has 0 aliphatic carbocycles. The van der Waals surface area contributed by atoms with Crippen molar-refractivity contribution < 1.29 is 9.59 Å². The van der Waals surface area contributed by atoms with Crippen molar-refractivity contribution >= 4 is 34.3 Å². The number of hydrogen-bond acceptors (Lipinski definition) is 2. The summed E-state index contributed by atoms with van der Waals surface area (Å²) >= 11 is 5.89. The van der Waals surface area contributed by atoms with Crippen molar-refractivity contribution in [2.75, 3.05) is 0 Å². The third-order valence-electron chi connectivity index (χ3n) is 2.96. The largest absolute Gasteiger partial charge is 0.357 e. The maximum atomic E-state index is 12.0. The van der Waals surface area contributed by atoms with E-state index >= 15 is 0 Å². The van der Waals surface area contributed by atoms with E-state index < -0.39 is 11.8 Å². The SMILES string of the molecule is O=C(NNC(=O)c1cc2ccc(Cl)cc2[nH]1)c1ccc[nH]1. The van der Waals surface area contributed by atoms with Gasteiger partial charge in [-0.15, -0.1) is 0 Å².